The smallest absolute Gasteiger partial charge is 0.276 e. The van der Waals surface area contributed by atoms with Gasteiger partial charge in [-0.3, -0.25) is 0 Å². The minimum atomic E-state index is -3.72. The lowest BCUT2D eigenvalue weighted by Gasteiger charge is -2.18. The predicted octanol–water partition coefficient (Wildman–Crippen LogP) is 0.595. The first-order valence-corrected chi connectivity index (χ1v) is 6.79. The van der Waals surface area contributed by atoms with E-state index in [2.05, 4.69) is 6.58 Å². The molecular formula is C11H17NO5S. The molecule has 0 unspecified atom stereocenters. The fourth-order valence-electron chi connectivity index (χ4n) is 1.36. The summed E-state index contributed by atoms with van der Waals surface area (Å²) in [6.45, 7) is 3.84. The third-order valence-electron chi connectivity index (χ3n) is 2.26. The Bertz CT molecular complexity index is 479. The maximum Gasteiger partial charge on any atom is 0.276 e. The van der Waals surface area contributed by atoms with E-state index < -0.39 is 10.0 Å². The molecule has 1 N–H and O–H groups in total. The van der Waals surface area contributed by atoms with Gasteiger partial charge in [-0.15, -0.1) is 6.58 Å². The first-order chi connectivity index (χ1) is 8.56. The molecule has 6 nitrogen and oxygen atoms in total. The molecule has 0 aliphatic rings. The Hall–Kier alpha value is -1.15. The Labute approximate surface area is 107 Å². The fraction of sp³-hybridized carbons (Fsp3) is 0.455. The van der Waals surface area contributed by atoms with Gasteiger partial charge >= 0.3 is 0 Å². The lowest BCUT2D eigenvalue weighted by Crippen LogP contribution is -2.33. The van der Waals surface area contributed by atoms with Gasteiger partial charge in [-0.25, -0.2) is 8.42 Å². The van der Waals surface area contributed by atoms with E-state index in [4.69, 9.17) is 14.3 Å². The minimum Gasteiger partial charge on any atom is -0.446 e. The highest BCUT2D eigenvalue weighted by molar-refractivity contribution is 7.89. The number of aliphatic hydroxyl groups excluding tert-OH is 1. The number of nitrogens with zero attached hydrogens (tertiary/aromatic N) is 1. The zero-order valence-corrected chi connectivity index (χ0v) is 11.0. The minimum absolute atomic E-state index is 0.168. The molecule has 102 valence electrons. The molecule has 18 heavy (non-hydrogen) atoms. The number of aliphatic hydroxyl groups is 1. The van der Waals surface area contributed by atoms with Crippen LogP contribution in [0, 0.1) is 0 Å². The molecule has 0 atom stereocenters. The number of rotatable bonds is 8. The van der Waals surface area contributed by atoms with Crippen molar-refractivity contribution >= 4 is 10.0 Å². The van der Waals surface area contributed by atoms with Crippen molar-refractivity contribution in [1.82, 2.24) is 4.31 Å². The van der Waals surface area contributed by atoms with Gasteiger partial charge in [0.05, 0.1) is 6.61 Å². The van der Waals surface area contributed by atoms with Crippen molar-refractivity contribution in [3.63, 3.8) is 0 Å². The summed E-state index contributed by atoms with van der Waals surface area (Å²) < 4.78 is 35.5. The second kappa shape index (κ2) is 6.69. The molecule has 0 spiro atoms. The van der Waals surface area contributed by atoms with Gasteiger partial charge in [-0.05, 0) is 12.1 Å². The SMILES string of the molecule is C=CCN(CCOC)S(=O)(=O)c1ccc(CO)o1. The Kier molecular flexibility index (Phi) is 5.54. The van der Waals surface area contributed by atoms with Crippen molar-refractivity contribution < 1.29 is 22.7 Å². The monoisotopic (exact) mass is 275 g/mol. The first kappa shape index (κ1) is 14.9. The van der Waals surface area contributed by atoms with E-state index in [0.717, 1.165) is 0 Å². The molecule has 0 aliphatic heterocycles. The van der Waals surface area contributed by atoms with E-state index in [1.165, 1.54) is 29.6 Å². The third-order valence-corrected chi connectivity index (χ3v) is 4.00. The van der Waals surface area contributed by atoms with E-state index in [1.807, 2.05) is 0 Å². The summed E-state index contributed by atoms with van der Waals surface area (Å²) in [7, 11) is -2.22. The van der Waals surface area contributed by atoms with Gasteiger partial charge in [-0.2, -0.15) is 4.31 Å². The van der Waals surface area contributed by atoms with Crippen LogP contribution in [0.15, 0.2) is 34.3 Å². The van der Waals surface area contributed by atoms with Crippen LogP contribution in [-0.4, -0.2) is 44.6 Å². The Morgan fingerprint density at radius 1 is 1.56 bits per heavy atom. The average Bonchev–Trinajstić information content (AvgIpc) is 2.83. The van der Waals surface area contributed by atoms with Gasteiger partial charge in [0.15, 0.2) is 0 Å². The van der Waals surface area contributed by atoms with Crippen LogP contribution in [0.1, 0.15) is 5.76 Å². The van der Waals surface area contributed by atoms with E-state index in [-0.39, 0.29) is 37.2 Å². The molecule has 0 saturated carbocycles. The van der Waals surface area contributed by atoms with Crippen LogP contribution in [0.2, 0.25) is 0 Å². The first-order valence-electron chi connectivity index (χ1n) is 5.35. The predicted molar refractivity (Wildman–Crippen MR) is 65.5 cm³/mol. The quantitative estimate of drug-likeness (QED) is 0.703. The Morgan fingerprint density at radius 2 is 2.28 bits per heavy atom. The molecule has 0 saturated heterocycles. The molecule has 0 bridgehead atoms. The molecule has 1 rings (SSSR count). The highest BCUT2D eigenvalue weighted by Gasteiger charge is 2.26. The lowest BCUT2D eigenvalue weighted by molar-refractivity contribution is 0.181. The van der Waals surface area contributed by atoms with E-state index in [1.54, 1.807) is 0 Å². The summed E-state index contributed by atoms with van der Waals surface area (Å²) in [6, 6.07) is 2.75. The molecule has 0 amide bonds. The van der Waals surface area contributed by atoms with Crippen LogP contribution >= 0.6 is 0 Å². The van der Waals surface area contributed by atoms with Crippen molar-refractivity contribution in [2.24, 2.45) is 0 Å². The van der Waals surface area contributed by atoms with Gasteiger partial charge in [0.1, 0.15) is 12.4 Å². The van der Waals surface area contributed by atoms with Gasteiger partial charge in [-0.1, -0.05) is 6.08 Å². The summed E-state index contributed by atoms with van der Waals surface area (Å²) in [6.07, 6.45) is 1.49. The molecule has 1 aromatic rings. The fourth-order valence-corrected chi connectivity index (χ4v) is 2.68. The van der Waals surface area contributed by atoms with Crippen molar-refractivity contribution in [3.05, 3.63) is 30.5 Å². The second-order valence-corrected chi connectivity index (χ2v) is 5.39. The molecule has 1 heterocycles. The zero-order valence-electron chi connectivity index (χ0n) is 10.2. The molecule has 0 fully saturated rings. The van der Waals surface area contributed by atoms with Crippen LogP contribution < -0.4 is 0 Å². The molecule has 0 radical (unpaired) electrons. The van der Waals surface area contributed by atoms with Crippen LogP contribution in [0.5, 0.6) is 0 Å². The van der Waals surface area contributed by atoms with Crippen molar-refractivity contribution in [2.75, 3.05) is 26.8 Å². The van der Waals surface area contributed by atoms with Crippen LogP contribution in [0.25, 0.3) is 0 Å². The summed E-state index contributed by atoms with van der Waals surface area (Å²) in [5, 5.41) is 8.67. The zero-order chi connectivity index (χ0) is 13.6. The van der Waals surface area contributed by atoms with Gasteiger partial charge in [0, 0.05) is 20.2 Å². The van der Waals surface area contributed by atoms with Gasteiger partial charge in [0.2, 0.25) is 5.09 Å². The summed E-state index contributed by atoms with van der Waals surface area (Å²) >= 11 is 0. The van der Waals surface area contributed by atoms with Crippen molar-refractivity contribution in [1.29, 1.82) is 0 Å². The third kappa shape index (κ3) is 3.42. The number of furan rings is 1. The number of ether oxygens (including phenoxy) is 1. The largest absolute Gasteiger partial charge is 0.446 e. The molecule has 0 aromatic carbocycles. The normalized spacial score (nSPS) is 11.9. The van der Waals surface area contributed by atoms with E-state index in [0.29, 0.717) is 0 Å². The maximum absolute atomic E-state index is 12.2. The maximum atomic E-state index is 12.2. The van der Waals surface area contributed by atoms with Crippen LogP contribution in [0.4, 0.5) is 0 Å². The molecular weight excluding hydrogens is 258 g/mol. The number of hydrogen-bond donors (Lipinski definition) is 1. The average molecular weight is 275 g/mol. The summed E-state index contributed by atoms with van der Waals surface area (Å²) in [4.78, 5) is 0. The molecule has 1 aromatic heterocycles. The molecule has 0 aliphatic carbocycles. The summed E-state index contributed by atoms with van der Waals surface area (Å²) in [5.41, 5.74) is 0. The highest BCUT2D eigenvalue weighted by Crippen LogP contribution is 2.18. The van der Waals surface area contributed by atoms with Crippen LogP contribution in [0.3, 0.4) is 0 Å². The number of hydrogen-bond acceptors (Lipinski definition) is 5. The standard InChI is InChI=1S/C11H17NO5S/c1-3-6-12(7-8-16-2)18(14,15)11-5-4-10(9-13)17-11/h3-5,13H,1,6-9H2,2H3. The van der Waals surface area contributed by atoms with E-state index >= 15 is 0 Å². The number of sulfonamides is 1. The van der Waals surface area contributed by atoms with Gasteiger partial charge in [0.25, 0.3) is 10.0 Å². The van der Waals surface area contributed by atoms with Crippen molar-refractivity contribution in [2.45, 2.75) is 11.7 Å². The van der Waals surface area contributed by atoms with Gasteiger partial charge < -0.3 is 14.3 Å². The highest BCUT2D eigenvalue weighted by atomic mass is 32.2. The lowest BCUT2D eigenvalue weighted by atomic mass is 10.5. The Balaban J connectivity index is 2.96. The Morgan fingerprint density at radius 3 is 2.78 bits per heavy atom. The second-order valence-electron chi connectivity index (χ2n) is 3.52. The van der Waals surface area contributed by atoms with Crippen molar-refractivity contribution in [3.8, 4) is 0 Å². The topological polar surface area (TPSA) is 80.0 Å². The van der Waals surface area contributed by atoms with E-state index in [9.17, 15) is 8.42 Å². The molecule has 7 heteroatoms. The summed E-state index contributed by atoms with van der Waals surface area (Å²) in [5.74, 6) is 0.207. The van der Waals surface area contributed by atoms with Crippen LogP contribution in [-0.2, 0) is 21.4 Å². The number of methoxy groups -OCH3 is 1.